The van der Waals surface area contributed by atoms with Crippen LogP contribution in [0.1, 0.15) is 50.4 Å². The summed E-state index contributed by atoms with van der Waals surface area (Å²) >= 11 is 1.66. The number of nitrogens with two attached hydrogens (primary N) is 1. The normalized spacial score (nSPS) is 12.6. The summed E-state index contributed by atoms with van der Waals surface area (Å²) in [5, 5.41) is 5.73. The number of ketones is 1. The molecule has 1 aromatic carbocycles. The Labute approximate surface area is 222 Å². The topological polar surface area (TPSA) is 95.0 Å². The van der Waals surface area contributed by atoms with E-state index in [1.807, 2.05) is 4.52 Å². The lowest BCUT2D eigenvalue weighted by Gasteiger charge is -2.23. The van der Waals surface area contributed by atoms with Crippen molar-refractivity contribution in [3.8, 4) is 16.2 Å². The van der Waals surface area contributed by atoms with Crippen molar-refractivity contribution >= 4 is 38.5 Å². The molecule has 2 N–H and O–H groups in total. The molecule has 8 nitrogen and oxygen atoms in total. The molecule has 3 aromatic heterocycles. The van der Waals surface area contributed by atoms with Gasteiger partial charge in [-0.05, 0) is 55.8 Å². The number of fused-ring (bicyclic) bond motifs is 2. The number of carbonyl (C=O) groups excluding carboxylic acids is 1. The van der Waals surface area contributed by atoms with Crippen molar-refractivity contribution in [2.45, 2.75) is 53.7 Å². The van der Waals surface area contributed by atoms with E-state index in [0.717, 1.165) is 68.0 Å². The highest BCUT2D eigenvalue weighted by molar-refractivity contribution is 7.22. The third kappa shape index (κ3) is 5.63. The van der Waals surface area contributed by atoms with Gasteiger partial charge in [-0.3, -0.25) is 9.69 Å². The second kappa shape index (κ2) is 11.6. The van der Waals surface area contributed by atoms with E-state index in [9.17, 15) is 4.79 Å². The zero-order valence-electron chi connectivity index (χ0n) is 22.6. The van der Waals surface area contributed by atoms with Gasteiger partial charge in [-0.15, -0.1) is 11.3 Å². The number of thiophene rings is 1. The maximum absolute atomic E-state index is 12.2. The molecular formula is C28H37N5O3S. The Morgan fingerprint density at radius 1 is 1.27 bits per heavy atom. The fourth-order valence-electron chi connectivity index (χ4n) is 4.84. The summed E-state index contributed by atoms with van der Waals surface area (Å²) in [6.07, 6.45) is 3.61. The van der Waals surface area contributed by atoms with Gasteiger partial charge in [-0.1, -0.05) is 26.3 Å². The van der Waals surface area contributed by atoms with Crippen molar-refractivity contribution in [1.82, 2.24) is 19.5 Å². The molecule has 37 heavy (non-hydrogen) atoms. The lowest BCUT2D eigenvalue weighted by molar-refractivity contribution is -0.118. The first-order valence-electron chi connectivity index (χ1n) is 12.7. The minimum absolute atomic E-state index is 0.139. The first-order chi connectivity index (χ1) is 17.8. The first kappa shape index (κ1) is 27.0. The van der Waals surface area contributed by atoms with Crippen LogP contribution in [0.25, 0.3) is 26.0 Å². The molecular weight excluding hydrogens is 486 g/mol. The van der Waals surface area contributed by atoms with Gasteiger partial charge in [0.05, 0.1) is 30.7 Å². The van der Waals surface area contributed by atoms with Gasteiger partial charge < -0.3 is 15.2 Å². The predicted octanol–water partition coefficient (Wildman–Crippen LogP) is 5.48. The summed E-state index contributed by atoms with van der Waals surface area (Å²) in [6.45, 7) is 10.3. The van der Waals surface area contributed by atoms with Gasteiger partial charge in [-0.25, -0.2) is 9.50 Å². The Hall–Kier alpha value is -3.01. The molecule has 0 bridgehead atoms. The van der Waals surface area contributed by atoms with E-state index in [0.29, 0.717) is 31.4 Å². The molecule has 0 spiro atoms. The summed E-state index contributed by atoms with van der Waals surface area (Å²) in [5.74, 6) is 1.99. The number of aryl methyl sites for hydroxylation is 1. The van der Waals surface area contributed by atoms with E-state index in [1.54, 1.807) is 32.5 Å². The Morgan fingerprint density at radius 3 is 2.73 bits per heavy atom. The molecule has 0 aliphatic rings. The zero-order chi connectivity index (χ0) is 26.7. The molecule has 0 saturated carbocycles. The van der Waals surface area contributed by atoms with Gasteiger partial charge in [0.1, 0.15) is 23.4 Å². The number of ether oxygens (including phenoxy) is 2. The van der Waals surface area contributed by atoms with Gasteiger partial charge >= 0.3 is 0 Å². The van der Waals surface area contributed by atoms with Crippen molar-refractivity contribution in [2.75, 3.05) is 33.0 Å². The average Bonchev–Trinajstić information content (AvgIpc) is 3.41. The van der Waals surface area contributed by atoms with Gasteiger partial charge in [0.2, 0.25) is 0 Å². The summed E-state index contributed by atoms with van der Waals surface area (Å²) < 4.78 is 14.4. The smallest absolute Gasteiger partial charge is 0.152 e. The second-order valence-electron chi connectivity index (χ2n) is 9.85. The maximum atomic E-state index is 12.2. The van der Waals surface area contributed by atoms with E-state index in [-0.39, 0.29) is 5.78 Å². The lowest BCUT2D eigenvalue weighted by atomic mass is 10.0. The van der Waals surface area contributed by atoms with E-state index < -0.39 is 0 Å². The number of nitrogen functional groups attached to an aromatic ring is 1. The highest BCUT2D eigenvalue weighted by Crippen LogP contribution is 2.44. The van der Waals surface area contributed by atoms with Crippen LogP contribution >= 0.6 is 11.3 Å². The van der Waals surface area contributed by atoms with Crippen LogP contribution in [-0.4, -0.2) is 52.6 Å². The SMILES string of the molecule is CCC(C)CCN(CC(C)=O)Cc1c(COC)c(-c2cc3cc(C)cc(OC)c3s2)c2c(N)ncnn12. The summed E-state index contributed by atoms with van der Waals surface area (Å²) in [4.78, 5) is 19.8. The number of benzene rings is 1. The Kier molecular flexibility index (Phi) is 8.46. The molecule has 0 aliphatic carbocycles. The van der Waals surface area contributed by atoms with Crippen LogP contribution in [0.3, 0.4) is 0 Å². The first-order valence-corrected chi connectivity index (χ1v) is 13.5. The Morgan fingerprint density at radius 2 is 2.05 bits per heavy atom. The third-order valence-corrected chi connectivity index (χ3v) is 8.08. The number of nitrogens with zero attached hydrogens (tertiary/aromatic N) is 4. The summed E-state index contributed by atoms with van der Waals surface area (Å²) in [5.41, 5.74) is 11.3. The third-order valence-electron chi connectivity index (χ3n) is 6.90. The number of carbonyl (C=O) groups is 1. The van der Waals surface area contributed by atoms with Gasteiger partial charge in [0.25, 0.3) is 0 Å². The molecule has 0 amide bonds. The fourth-order valence-corrected chi connectivity index (χ4v) is 6.04. The summed E-state index contributed by atoms with van der Waals surface area (Å²) in [7, 11) is 3.39. The Bertz CT molecular complexity index is 1410. The molecule has 0 fully saturated rings. The monoisotopic (exact) mass is 523 g/mol. The van der Waals surface area contributed by atoms with E-state index in [4.69, 9.17) is 15.2 Å². The molecule has 198 valence electrons. The minimum Gasteiger partial charge on any atom is -0.495 e. The van der Waals surface area contributed by atoms with Crippen LogP contribution in [0.15, 0.2) is 24.5 Å². The van der Waals surface area contributed by atoms with Gasteiger partial charge in [0, 0.05) is 29.7 Å². The van der Waals surface area contributed by atoms with Crippen LogP contribution in [0, 0.1) is 12.8 Å². The number of aromatic nitrogens is 3. The zero-order valence-corrected chi connectivity index (χ0v) is 23.4. The van der Waals surface area contributed by atoms with Gasteiger partial charge in [0.15, 0.2) is 5.82 Å². The number of anilines is 1. The van der Waals surface area contributed by atoms with Crippen molar-refractivity contribution < 1.29 is 14.3 Å². The van der Waals surface area contributed by atoms with E-state index >= 15 is 0 Å². The van der Waals surface area contributed by atoms with Gasteiger partial charge in [-0.2, -0.15) is 5.10 Å². The van der Waals surface area contributed by atoms with E-state index in [1.165, 1.54) is 6.33 Å². The van der Waals surface area contributed by atoms with Crippen LogP contribution in [0.4, 0.5) is 5.82 Å². The second-order valence-corrected chi connectivity index (χ2v) is 10.9. The fraction of sp³-hybridized carbons (Fsp3) is 0.464. The standard InChI is InChI=1S/C28H37N5O3S/c1-7-17(2)8-9-32(13-19(4)34)14-22-21(15-35-5)25(26-28(29)30-16-31-33(22)26)24-12-20-10-18(3)11-23(36-6)27(20)37-24/h10-12,16-17H,7-9,13-15H2,1-6H3,(H2,29,30,31). The molecule has 4 aromatic rings. The lowest BCUT2D eigenvalue weighted by Crippen LogP contribution is -2.31. The quantitative estimate of drug-likeness (QED) is 0.263. The molecule has 0 saturated heterocycles. The number of hydrogen-bond acceptors (Lipinski definition) is 8. The maximum Gasteiger partial charge on any atom is 0.152 e. The van der Waals surface area contributed by atoms with Crippen molar-refractivity contribution in [3.63, 3.8) is 0 Å². The highest BCUT2D eigenvalue weighted by Gasteiger charge is 2.26. The number of hydrogen-bond donors (Lipinski definition) is 1. The molecule has 1 atom stereocenters. The van der Waals surface area contributed by atoms with Crippen molar-refractivity contribution in [1.29, 1.82) is 0 Å². The Balaban J connectivity index is 1.91. The largest absolute Gasteiger partial charge is 0.495 e. The molecule has 0 aliphatic heterocycles. The predicted molar refractivity (Wildman–Crippen MR) is 150 cm³/mol. The van der Waals surface area contributed by atoms with Crippen molar-refractivity contribution in [2.24, 2.45) is 5.92 Å². The molecule has 0 radical (unpaired) electrons. The minimum atomic E-state index is 0.139. The average molecular weight is 524 g/mol. The molecule has 3 heterocycles. The van der Waals surface area contributed by atoms with Crippen LogP contribution in [-0.2, 0) is 22.7 Å². The van der Waals surface area contributed by atoms with Crippen LogP contribution in [0.2, 0.25) is 0 Å². The van der Waals surface area contributed by atoms with Crippen molar-refractivity contribution in [3.05, 3.63) is 41.3 Å². The number of Topliss-reactive ketones (excluding diaryl/α,β-unsaturated/α-hetero) is 1. The van der Waals surface area contributed by atoms with Crippen LogP contribution < -0.4 is 10.5 Å². The van der Waals surface area contributed by atoms with Crippen LogP contribution in [0.5, 0.6) is 5.75 Å². The van der Waals surface area contributed by atoms with E-state index in [2.05, 4.69) is 54.0 Å². The molecule has 9 heteroatoms. The summed E-state index contributed by atoms with van der Waals surface area (Å²) in [6, 6.07) is 6.39. The number of rotatable bonds is 12. The highest BCUT2D eigenvalue weighted by atomic mass is 32.1. The molecule has 4 rings (SSSR count). The molecule has 1 unspecified atom stereocenters. The number of methoxy groups -OCH3 is 2.